The highest BCUT2D eigenvalue weighted by Crippen LogP contribution is 2.24. The Labute approximate surface area is 224 Å². The molecule has 0 unspecified atom stereocenters. The summed E-state index contributed by atoms with van der Waals surface area (Å²) < 4.78 is 10.9. The predicted octanol–water partition coefficient (Wildman–Crippen LogP) is 3.98. The lowest BCUT2D eigenvalue weighted by atomic mass is 10.1. The van der Waals surface area contributed by atoms with Gasteiger partial charge >= 0.3 is 12.2 Å². The summed E-state index contributed by atoms with van der Waals surface area (Å²) in [5, 5.41) is 0.948. The third-order valence-electron chi connectivity index (χ3n) is 6.41. The fourth-order valence-corrected chi connectivity index (χ4v) is 4.48. The summed E-state index contributed by atoms with van der Waals surface area (Å²) in [4.78, 5) is 49.7. The van der Waals surface area contributed by atoms with Gasteiger partial charge in [-0.25, -0.2) is 14.6 Å². The van der Waals surface area contributed by atoms with Crippen molar-refractivity contribution in [2.24, 2.45) is 0 Å². The molecule has 10 nitrogen and oxygen atoms in total. The highest BCUT2D eigenvalue weighted by molar-refractivity contribution is 5.95. The van der Waals surface area contributed by atoms with E-state index in [2.05, 4.69) is 16.0 Å². The molecule has 3 amide bonds. The molecule has 206 valence electrons. The van der Waals surface area contributed by atoms with Crippen molar-refractivity contribution < 1.29 is 23.9 Å². The minimum atomic E-state index is -0.548. The van der Waals surface area contributed by atoms with Crippen LogP contribution in [0.25, 0.3) is 10.9 Å². The lowest BCUT2D eigenvalue weighted by Crippen LogP contribution is -2.51. The molecule has 0 N–H and O–H groups in total. The van der Waals surface area contributed by atoms with Gasteiger partial charge in [-0.2, -0.15) is 0 Å². The van der Waals surface area contributed by atoms with Crippen LogP contribution in [0.4, 0.5) is 15.3 Å². The average molecular weight is 526 g/mol. The molecule has 0 atom stereocenters. The molecule has 0 radical (unpaired) electrons. The SMILES string of the molecule is CC(C)(C)OC(=O)N1CCN(C(=O)c2ccc3cc(N4CCN(C(=O)OC(C)(C)C)CC4)ccc3n2)CC1. The number of carbonyl (C=O) groups excluding carboxylic acids is 3. The summed E-state index contributed by atoms with van der Waals surface area (Å²) in [5.74, 6) is -0.141. The zero-order valence-electron chi connectivity index (χ0n) is 23.3. The van der Waals surface area contributed by atoms with Crippen LogP contribution in [0.5, 0.6) is 0 Å². The lowest BCUT2D eigenvalue weighted by molar-refractivity contribution is 0.0139. The number of anilines is 1. The summed E-state index contributed by atoms with van der Waals surface area (Å²) >= 11 is 0. The van der Waals surface area contributed by atoms with Gasteiger partial charge in [-0.05, 0) is 65.8 Å². The van der Waals surface area contributed by atoms with Gasteiger partial charge < -0.3 is 29.1 Å². The van der Waals surface area contributed by atoms with E-state index in [0.29, 0.717) is 58.1 Å². The van der Waals surface area contributed by atoms with Gasteiger partial charge in [0.25, 0.3) is 5.91 Å². The first-order valence-corrected chi connectivity index (χ1v) is 13.2. The first-order valence-electron chi connectivity index (χ1n) is 13.2. The zero-order valence-corrected chi connectivity index (χ0v) is 23.3. The molecule has 2 aliphatic rings. The van der Waals surface area contributed by atoms with Crippen molar-refractivity contribution in [2.75, 3.05) is 57.3 Å². The molecule has 2 fully saturated rings. The number of amides is 3. The van der Waals surface area contributed by atoms with E-state index < -0.39 is 11.2 Å². The number of hydrogen-bond donors (Lipinski definition) is 0. The number of pyridine rings is 1. The van der Waals surface area contributed by atoms with Crippen LogP contribution in [0.15, 0.2) is 30.3 Å². The number of aromatic nitrogens is 1. The highest BCUT2D eigenvalue weighted by Gasteiger charge is 2.29. The first-order chi connectivity index (χ1) is 17.8. The number of fused-ring (bicyclic) bond motifs is 1. The van der Waals surface area contributed by atoms with Gasteiger partial charge in [-0.3, -0.25) is 4.79 Å². The molecule has 1 aromatic heterocycles. The molecule has 2 saturated heterocycles. The van der Waals surface area contributed by atoms with Crippen molar-refractivity contribution in [1.82, 2.24) is 19.7 Å². The number of nitrogens with zero attached hydrogens (tertiary/aromatic N) is 5. The van der Waals surface area contributed by atoms with E-state index in [4.69, 9.17) is 9.47 Å². The fraction of sp³-hybridized carbons (Fsp3) is 0.571. The van der Waals surface area contributed by atoms with E-state index in [9.17, 15) is 14.4 Å². The van der Waals surface area contributed by atoms with Crippen molar-refractivity contribution >= 4 is 34.7 Å². The van der Waals surface area contributed by atoms with E-state index in [1.807, 2.05) is 59.7 Å². The molecule has 2 aliphatic heterocycles. The lowest BCUT2D eigenvalue weighted by Gasteiger charge is -2.36. The molecule has 10 heteroatoms. The molecule has 0 saturated carbocycles. The Balaban J connectivity index is 1.35. The van der Waals surface area contributed by atoms with Crippen molar-refractivity contribution in [3.63, 3.8) is 0 Å². The second-order valence-electron chi connectivity index (χ2n) is 11.8. The predicted molar refractivity (Wildman–Crippen MR) is 145 cm³/mol. The number of carbonyl (C=O) groups is 3. The van der Waals surface area contributed by atoms with Crippen molar-refractivity contribution in [3.05, 3.63) is 36.0 Å². The maximum atomic E-state index is 13.1. The van der Waals surface area contributed by atoms with Crippen LogP contribution in [-0.4, -0.2) is 101 Å². The van der Waals surface area contributed by atoms with Crippen LogP contribution < -0.4 is 4.90 Å². The molecule has 0 aliphatic carbocycles. The Bertz CT molecular complexity index is 1190. The van der Waals surface area contributed by atoms with E-state index in [1.54, 1.807) is 20.8 Å². The molecule has 38 heavy (non-hydrogen) atoms. The summed E-state index contributed by atoms with van der Waals surface area (Å²) in [6, 6.07) is 9.69. The normalized spacial score (nSPS) is 17.0. The van der Waals surface area contributed by atoms with Gasteiger partial charge in [0, 0.05) is 63.4 Å². The summed E-state index contributed by atoms with van der Waals surface area (Å²) in [6.07, 6.45) is -0.626. The van der Waals surface area contributed by atoms with Crippen LogP contribution in [0.3, 0.4) is 0 Å². The minimum Gasteiger partial charge on any atom is -0.444 e. The zero-order chi connectivity index (χ0) is 27.7. The maximum absolute atomic E-state index is 13.1. The van der Waals surface area contributed by atoms with Crippen molar-refractivity contribution in [2.45, 2.75) is 52.7 Å². The van der Waals surface area contributed by atoms with Gasteiger partial charge in [-0.1, -0.05) is 6.07 Å². The quantitative estimate of drug-likeness (QED) is 0.585. The van der Waals surface area contributed by atoms with Crippen LogP contribution in [0.1, 0.15) is 52.0 Å². The Hall–Kier alpha value is -3.56. The van der Waals surface area contributed by atoms with Gasteiger partial charge in [0.05, 0.1) is 5.52 Å². The third kappa shape index (κ3) is 6.85. The van der Waals surface area contributed by atoms with E-state index in [0.717, 1.165) is 16.6 Å². The minimum absolute atomic E-state index is 0.141. The molecule has 4 rings (SSSR count). The van der Waals surface area contributed by atoms with E-state index in [-0.39, 0.29) is 18.1 Å². The van der Waals surface area contributed by atoms with Crippen LogP contribution >= 0.6 is 0 Å². The Kier molecular flexibility index (Phi) is 7.71. The topological polar surface area (TPSA) is 95.5 Å². The van der Waals surface area contributed by atoms with Crippen LogP contribution in [-0.2, 0) is 9.47 Å². The van der Waals surface area contributed by atoms with Crippen LogP contribution in [0.2, 0.25) is 0 Å². The molecule has 0 bridgehead atoms. The monoisotopic (exact) mass is 525 g/mol. The summed E-state index contributed by atoms with van der Waals surface area (Å²) in [5.41, 5.74) is 1.14. The second-order valence-corrected chi connectivity index (χ2v) is 11.8. The molecule has 3 heterocycles. The summed E-state index contributed by atoms with van der Waals surface area (Å²) in [7, 11) is 0. The molecule has 1 aromatic carbocycles. The fourth-order valence-electron chi connectivity index (χ4n) is 4.48. The summed E-state index contributed by atoms with van der Waals surface area (Å²) in [6.45, 7) is 15.5. The molecule has 2 aromatic rings. The van der Waals surface area contributed by atoms with Crippen molar-refractivity contribution in [3.8, 4) is 0 Å². The maximum Gasteiger partial charge on any atom is 0.410 e. The van der Waals surface area contributed by atoms with E-state index >= 15 is 0 Å². The number of benzene rings is 1. The van der Waals surface area contributed by atoms with Gasteiger partial charge in [0.1, 0.15) is 16.9 Å². The standard InChI is InChI=1S/C28H39N5O5/c1-27(2,3)37-25(35)32-15-11-30(12-16-32)21-8-10-22-20(19-21)7-9-23(29-22)24(34)31-13-17-33(18-14-31)26(36)38-28(4,5)6/h7-10,19H,11-18H2,1-6H3. The molecule has 0 spiro atoms. The van der Waals surface area contributed by atoms with E-state index in [1.165, 1.54) is 0 Å². The average Bonchev–Trinajstić information content (AvgIpc) is 2.86. The highest BCUT2D eigenvalue weighted by atomic mass is 16.6. The van der Waals surface area contributed by atoms with Gasteiger partial charge in [-0.15, -0.1) is 0 Å². The number of piperazine rings is 2. The number of ether oxygens (including phenoxy) is 2. The van der Waals surface area contributed by atoms with Crippen LogP contribution in [0, 0.1) is 0 Å². The smallest absolute Gasteiger partial charge is 0.410 e. The first kappa shape index (κ1) is 27.5. The largest absolute Gasteiger partial charge is 0.444 e. The Morgan fingerprint density at radius 1 is 0.684 bits per heavy atom. The Morgan fingerprint density at radius 2 is 1.18 bits per heavy atom. The van der Waals surface area contributed by atoms with Gasteiger partial charge in [0.2, 0.25) is 0 Å². The van der Waals surface area contributed by atoms with Crippen molar-refractivity contribution in [1.29, 1.82) is 0 Å². The third-order valence-corrected chi connectivity index (χ3v) is 6.41. The van der Waals surface area contributed by atoms with Gasteiger partial charge in [0.15, 0.2) is 0 Å². The second kappa shape index (κ2) is 10.7. The Morgan fingerprint density at radius 3 is 1.71 bits per heavy atom. The molecular weight excluding hydrogens is 486 g/mol. The number of rotatable bonds is 2. The molecular formula is C28H39N5O5. The number of hydrogen-bond acceptors (Lipinski definition) is 7.